The van der Waals surface area contributed by atoms with E-state index in [2.05, 4.69) is 25.1 Å². The van der Waals surface area contributed by atoms with E-state index in [1.807, 2.05) is 26.0 Å². The molecule has 1 N–H and O–H groups in total. The Kier molecular flexibility index (Phi) is 3.23. The van der Waals surface area contributed by atoms with Gasteiger partial charge in [0.05, 0.1) is 11.9 Å². The highest BCUT2D eigenvalue weighted by atomic mass is 35.5. The number of hydrogen-bond acceptors (Lipinski definition) is 5. The standard InChI is InChI=1S/C13H12ClN5O/c1-3-9-10(5-4-7(2)16-9)20-12-8-6-15-19-11(8)17-13(14)18-12/h4-6H,3H2,1-2H3,(H,15,17,18,19). The quantitative estimate of drug-likeness (QED) is 0.750. The molecule has 0 radical (unpaired) electrons. The highest BCUT2D eigenvalue weighted by Crippen LogP contribution is 2.29. The second-order valence-electron chi connectivity index (χ2n) is 4.28. The van der Waals surface area contributed by atoms with Crippen LogP contribution in [-0.2, 0) is 6.42 Å². The molecule has 0 bridgehead atoms. The molecule has 0 aliphatic rings. The Labute approximate surface area is 120 Å². The average Bonchev–Trinajstić information content (AvgIpc) is 2.88. The van der Waals surface area contributed by atoms with E-state index in [4.69, 9.17) is 16.3 Å². The third-order valence-corrected chi connectivity index (χ3v) is 3.03. The summed E-state index contributed by atoms with van der Waals surface area (Å²) in [6.07, 6.45) is 2.37. The van der Waals surface area contributed by atoms with Gasteiger partial charge < -0.3 is 4.74 Å². The van der Waals surface area contributed by atoms with Crippen LogP contribution in [0.2, 0.25) is 5.28 Å². The molecular weight excluding hydrogens is 278 g/mol. The fraction of sp³-hybridized carbons (Fsp3) is 0.231. The summed E-state index contributed by atoms with van der Waals surface area (Å²) in [5.74, 6) is 1.03. The van der Waals surface area contributed by atoms with E-state index in [-0.39, 0.29) is 5.28 Å². The molecule has 102 valence electrons. The van der Waals surface area contributed by atoms with Crippen molar-refractivity contribution in [2.45, 2.75) is 20.3 Å². The first-order valence-electron chi connectivity index (χ1n) is 6.18. The predicted octanol–water partition coefficient (Wildman–Crippen LogP) is 3.06. The first-order valence-corrected chi connectivity index (χ1v) is 6.56. The Morgan fingerprint density at radius 3 is 2.90 bits per heavy atom. The van der Waals surface area contributed by atoms with Gasteiger partial charge in [0.15, 0.2) is 11.4 Å². The zero-order chi connectivity index (χ0) is 14.1. The minimum atomic E-state index is 0.106. The van der Waals surface area contributed by atoms with Crippen molar-refractivity contribution in [1.82, 2.24) is 25.1 Å². The number of ether oxygens (including phenoxy) is 1. The van der Waals surface area contributed by atoms with Crippen molar-refractivity contribution in [3.05, 3.63) is 35.0 Å². The van der Waals surface area contributed by atoms with E-state index in [1.165, 1.54) is 0 Å². The maximum Gasteiger partial charge on any atom is 0.234 e. The number of halogens is 1. The van der Waals surface area contributed by atoms with E-state index in [0.717, 1.165) is 17.8 Å². The smallest absolute Gasteiger partial charge is 0.234 e. The summed E-state index contributed by atoms with van der Waals surface area (Å²) in [6, 6.07) is 3.77. The maximum absolute atomic E-state index is 5.88. The molecule has 3 heterocycles. The Morgan fingerprint density at radius 2 is 2.10 bits per heavy atom. The van der Waals surface area contributed by atoms with E-state index in [0.29, 0.717) is 22.7 Å². The number of aromatic amines is 1. The van der Waals surface area contributed by atoms with Crippen molar-refractivity contribution >= 4 is 22.6 Å². The number of aryl methyl sites for hydroxylation is 2. The van der Waals surface area contributed by atoms with Crippen LogP contribution in [0.1, 0.15) is 18.3 Å². The summed E-state index contributed by atoms with van der Waals surface area (Å²) < 4.78 is 5.85. The summed E-state index contributed by atoms with van der Waals surface area (Å²) >= 11 is 5.88. The van der Waals surface area contributed by atoms with E-state index < -0.39 is 0 Å². The first kappa shape index (κ1) is 12.8. The molecular formula is C13H12ClN5O. The third-order valence-electron chi connectivity index (χ3n) is 2.86. The van der Waals surface area contributed by atoms with Gasteiger partial charge in [-0.05, 0) is 37.1 Å². The Bertz CT molecular complexity index is 771. The van der Waals surface area contributed by atoms with Crippen molar-refractivity contribution in [2.24, 2.45) is 0 Å². The van der Waals surface area contributed by atoms with Crippen LogP contribution >= 0.6 is 11.6 Å². The monoisotopic (exact) mass is 289 g/mol. The van der Waals surface area contributed by atoms with Gasteiger partial charge in [-0.1, -0.05) is 6.92 Å². The van der Waals surface area contributed by atoms with Crippen LogP contribution < -0.4 is 4.74 Å². The molecule has 0 aliphatic heterocycles. The Morgan fingerprint density at radius 1 is 1.25 bits per heavy atom. The summed E-state index contributed by atoms with van der Waals surface area (Å²) in [4.78, 5) is 12.6. The van der Waals surface area contributed by atoms with Crippen LogP contribution in [0.5, 0.6) is 11.6 Å². The second-order valence-corrected chi connectivity index (χ2v) is 4.62. The summed E-state index contributed by atoms with van der Waals surface area (Å²) in [5.41, 5.74) is 2.36. The predicted molar refractivity (Wildman–Crippen MR) is 75.1 cm³/mol. The number of aromatic nitrogens is 5. The lowest BCUT2D eigenvalue weighted by Crippen LogP contribution is -1.98. The van der Waals surface area contributed by atoms with Crippen molar-refractivity contribution in [1.29, 1.82) is 0 Å². The molecule has 6 nitrogen and oxygen atoms in total. The minimum Gasteiger partial charge on any atom is -0.436 e. The van der Waals surface area contributed by atoms with Crippen molar-refractivity contribution < 1.29 is 4.74 Å². The minimum absolute atomic E-state index is 0.106. The SMILES string of the molecule is CCc1nc(C)ccc1Oc1nc(Cl)nc2[nH]ncc12. The molecule has 0 spiro atoms. The molecule has 0 amide bonds. The van der Waals surface area contributed by atoms with Gasteiger partial charge in [0.1, 0.15) is 5.39 Å². The lowest BCUT2D eigenvalue weighted by molar-refractivity contribution is 0.459. The van der Waals surface area contributed by atoms with E-state index >= 15 is 0 Å². The lowest BCUT2D eigenvalue weighted by Gasteiger charge is -2.09. The van der Waals surface area contributed by atoms with E-state index in [1.54, 1.807) is 6.20 Å². The molecule has 3 rings (SSSR count). The molecule has 20 heavy (non-hydrogen) atoms. The molecule has 7 heteroatoms. The highest BCUT2D eigenvalue weighted by Gasteiger charge is 2.13. The molecule has 0 aromatic carbocycles. The van der Waals surface area contributed by atoms with Crippen molar-refractivity contribution in [3.63, 3.8) is 0 Å². The molecule has 0 fully saturated rings. The molecule has 3 aromatic heterocycles. The van der Waals surface area contributed by atoms with Gasteiger partial charge in [-0.2, -0.15) is 15.1 Å². The Hall–Kier alpha value is -2.21. The van der Waals surface area contributed by atoms with Gasteiger partial charge in [0.25, 0.3) is 0 Å². The number of fused-ring (bicyclic) bond motifs is 1. The number of pyridine rings is 1. The third kappa shape index (κ3) is 2.30. The van der Waals surface area contributed by atoms with Crippen LogP contribution in [0.25, 0.3) is 11.0 Å². The Balaban J connectivity index is 2.07. The largest absolute Gasteiger partial charge is 0.436 e. The normalized spacial score (nSPS) is 10.9. The van der Waals surface area contributed by atoms with Gasteiger partial charge in [-0.3, -0.25) is 10.1 Å². The fourth-order valence-corrected chi connectivity index (χ4v) is 2.07. The summed E-state index contributed by atoms with van der Waals surface area (Å²) in [5, 5.41) is 7.45. The van der Waals surface area contributed by atoms with Crippen LogP contribution in [0.4, 0.5) is 0 Å². The van der Waals surface area contributed by atoms with Crippen LogP contribution in [0.3, 0.4) is 0 Å². The van der Waals surface area contributed by atoms with Gasteiger partial charge >= 0.3 is 0 Å². The fourth-order valence-electron chi connectivity index (χ4n) is 1.91. The molecule has 0 aliphatic carbocycles. The van der Waals surface area contributed by atoms with Crippen molar-refractivity contribution in [3.8, 4) is 11.6 Å². The summed E-state index contributed by atoms with van der Waals surface area (Å²) in [7, 11) is 0. The lowest BCUT2D eigenvalue weighted by atomic mass is 10.2. The van der Waals surface area contributed by atoms with Gasteiger partial charge in [0.2, 0.25) is 11.2 Å². The van der Waals surface area contributed by atoms with Crippen LogP contribution in [0.15, 0.2) is 18.3 Å². The van der Waals surface area contributed by atoms with E-state index in [9.17, 15) is 0 Å². The van der Waals surface area contributed by atoms with Crippen molar-refractivity contribution in [2.75, 3.05) is 0 Å². The summed E-state index contributed by atoms with van der Waals surface area (Å²) in [6.45, 7) is 3.97. The number of hydrogen-bond donors (Lipinski definition) is 1. The van der Waals surface area contributed by atoms with Gasteiger partial charge in [-0.15, -0.1) is 0 Å². The van der Waals surface area contributed by atoms with Gasteiger partial charge in [-0.25, -0.2) is 0 Å². The van der Waals surface area contributed by atoms with Crippen LogP contribution in [0, 0.1) is 6.92 Å². The second kappa shape index (κ2) is 5.05. The van der Waals surface area contributed by atoms with Crippen LogP contribution in [-0.4, -0.2) is 25.1 Å². The maximum atomic E-state index is 5.88. The first-order chi connectivity index (χ1) is 9.67. The number of rotatable bonds is 3. The topological polar surface area (TPSA) is 76.6 Å². The number of nitrogens with one attached hydrogen (secondary N) is 1. The average molecular weight is 290 g/mol. The molecule has 3 aromatic rings. The molecule has 0 saturated heterocycles. The molecule has 0 atom stereocenters. The zero-order valence-electron chi connectivity index (χ0n) is 11.0. The highest BCUT2D eigenvalue weighted by molar-refractivity contribution is 6.28. The number of nitrogens with zero attached hydrogens (tertiary/aromatic N) is 4. The molecule has 0 saturated carbocycles. The molecule has 0 unspecified atom stereocenters. The zero-order valence-corrected chi connectivity index (χ0v) is 11.8. The van der Waals surface area contributed by atoms with Gasteiger partial charge in [0, 0.05) is 5.69 Å². The number of H-pyrrole nitrogens is 1.